The minimum Gasteiger partial charge on any atom is -0.425 e. The predicted octanol–water partition coefficient (Wildman–Crippen LogP) is 4.61. The lowest BCUT2D eigenvalue weighted by atomic mass is 9.64. The fourth-order valence-corrected chi connectivity index (χ4v) is 4.14. The van der Waals surface area contributed by atoms with Crippen LogP contribution >= 0.6 is 11.6 Å². The van der Waals surface area contributed by atoms with Gasteiger partial charge < -0.3 is 4.74 Å². The molecule has 0 radical (unpaired) electrons. The molecule has 0 aliphatic carbocycles. The second-order valence-electron chi connectivity index (χ2n) is 6.68. The van der Waals surface area contributed by atoms with E-state index in [9.17, 15) is 14.9 Å². The number of hydrogen-bond acceptors (Lipinski definition) is 4. The van der Waals surface area contributed by atoms with Gasteiger partial charge in [-0.3, -0.25) is 14.9 Å². The Balaban J connectivity index is 2.04. The van der Waals surface area contributed by atoms with E-state index in [0.29, 0.717) is 27.5 Å². The van der Waals surface area contributed by atoms with Gasteiger partial charge in [-0.25, -0.2) is 0 Å². The fourth-order valence-electron chi connectivity index (χ4n) is 4.02. The lowest BCUT2D eigenvalue weighted by Gasteiger charge is -2.33. The van der Waals surface area contributed by atoms with Crippen LogP contribution in [0.5, 0.6) is 5.75 Å². The number of nitro groups is 1. The van der Waals surface area contributed by atoms with Crippen molar-refractivity contribution >= 4 is 17.6 Å². The third-order valence-corrected chi connectivity index (χ3v) is 5.44. The van der Waals surface area contributed by atoms with Gasteiger partial charge in [0.1, 0.15) is 11.2 Å². The standard InChI is InChI=1S/C22H16ClNO4/c23-17-12-10-16(11-13-17)22(18-8-4-5-9-20(18)28-21(22)25)19(14-24(26)27)15-6-2-1-3-7-15/h1-13,19H,14H2/t19-,22+/m1/s1. The highest BCUT2D eigenvalue weighted by Gasteiger charge is 2.57. The molecule has 0 amide bonds. The van der Waals surface area contributed by atoms with E-state index >= 15 is 0 Å². The lowest BCUT2D eigenvalue weighted by molar-refractivity contribution is -0.484. The third-order valence-electron chi connectivity index (χ3n) is 5.19. The van der Waals surface area contributed by atoms with E-state index in [4.69, 9.17) is 16.3 Å². The first-order chi connectivity index (χ1) is 13.5. The molecule has 0 saturated carbocycles. The van der Waals surface area contributed by atoms with Gasteiger partial charge in [0.15, 0.2) is 0 Å². The summed E-state index contributed by atoms with van der Waals surface area (Å²) in [6.45, 7) is -0.421. The quantitative estimate of drug-likeness (QED) is 0.275. The number of rotatable bonds is 5. The summed E-state index contributed by atoms with van der Waals surface area (Å²) < 4.78 is 5.60. The number of nitrogens with zero attached hydrogens (tertiary/aromatic N) is 1. The SMILES string of the molecule is O=C1Oc2ccccc2[C@@]1(c1ccc(Cl)cc1)[C@H](C[N+](=O)[O-])c1ccccc1. The van der Waals surface area contributed by atoms with E-state index in [2.05, 4.69) is 0 Å². The molecule has 1 heterocycles. The van der Waals surface area contributed by atoms with Crippen molar-refractivity contribution in [1.29, 1.82) is 0 Å². The summed E-state index contributed by atoms with van der Waals surface area (Å²) >= 11 is 6.06. The molecule has 28 heavy (non-hydrogen) atoms. The predicted molar refractivity (Wildman–Crippen MR) is 105 cm³/mol. The normalized spacial score (nSPS) is 19.0. The number of carbonyl (C=O) groups is 1. The van der Waals surface area contributed by atoms with E-state index in [1.54, 1.807) is 60.7 Å². The van der Waals surface area contributed by atoms with Crippen molar-refractivity contribution in [1.82, 2.24) is 0 Å². The van der Waals surface area contributed by atoms with Crippen LogP contribution in [0.25, 0.3) is 0 Å². The van der Waals surface area contributed by atoms with Crippen LogP contribution in [0.15, 0.2) is 78.9 Å². The minimum absolute atomic E-state index is 0.385. The zero-order valence-corrected chi connectivity index (χ0v) is 15.5. The Kier molecular flexibility index (Phi) is 4.61. The lowest BCUT2D eigenvalue weighted by Crippen LogP contribution is -2.44. The van der Waals surface area contributed by atoms with Crippen LogP contribution in [0.3, 0.4) is 0 Å². The van der Waals surface area contributed by atoms with Crippen LogP contribution in [0, 0.1) is 10.1 Å². The smallest absolute Gasteiger partial charge is 0.327 e. The Morgan fingerprint density at radius 2 is 1.61 bits per heavy atom. The highest BCUT2D eigenvalue weighted by Crippen LogP contribution is 2.52. The van der Waals surface area contributed by atoms with Crippen LogP contribution in [-0.2, 0) is 10.2 Å². The van der Waals surface area contributed by atoms with Crippen molar-refractivity contribution in [3.8, 4) is 5.75 Å². The minimum atomic E-state index is -1.34. The Hall–Kier alpha value is -3.18. The first kappa shape index (κ1) is 18.2. The molecule has 3 aromatic carbocycles. The van der Waals surface area contributed by atoms with Gasteiger partial charge in [-0.05, 0) is 29.3 Å². The summed E-state index contributed by atoms with van der Waals surface area (Å²) in [6, 6.07) is 23.0. The number of benzene rings is 3. The Morgan fingerprint density at radius 1 is 0.964 bits per heavy atom. The number of esters is 1. The van der Waals surface area contributed by atoms with Crippen molar-refractivity contribution in [2.45, 2.75) is 11.3 Å². The van der Waals surface area contributed by atoms with Crippen molar-refractivity contribution in [2.24, 2.45) is 0 Å². The molecule has 4 rings (SSSR count). The van der Waals surface area contributed by atoms with E-state index < -0.39 is 23.8 Å². The van der Waals surface area contributed by atoms with Crippen LogP contribution < -0.4 is 4.74 Å². The first-order valence-electron chi connectivity index (χ1n) is 8.78. The molecule has 0 fully saturated rings. The van der Waals surface area contributed by atoms with Crippen LogP contribution in [-0.4, -0.2) is 17.4 Å². The number of carbonyl (C=O) groups excluding carboxylic acids is 1. The second-order valence-corrected chi connectivity index (χ2v) is 7.12. The fraction of sp³-hybridized carbons (Fsp3) is 0.136. The molecule has 1 aliphatic rings. The van der Waals surface area contributed by atoms with Crippen molar-refractivity contribution in [3.05, 3.63) is 111 Å². The zero-order chi connectivity index (χ0) is 19.7. The topological polar surface area (TPSA) is 69.4 Å². The number of ether oxygens (including phenoxy) is 1. The molecule has 0 aromatic heterocycles. The van der Waals surface area contributed by atoms with Gasteiger partial charge in [-0.1, -0.05) is 72.3 Å². The average Bonchev–Trinajstić information content (AvgIpc) is 3.00. The monoisotopic (exact) mass is 393 g/mol. The molecule has 0 spiro atoms. The van der Waals surface area contributed by atoms with Crippen molar-refractivity contribution < 1.29 is 14.5 Å². The summed E-state index contributed by atoms with van der Waals surface area (Å²) in [5, 5.41) is 12.1. The van der Waals surface area contributed by atoms with E-state index in [1.165, 1.54) is 0 Å². The number of para-hydroxylation sites is 1. The van der Waals surface area contributed by atoms with Crippen molar-refractivity contribution in [2.75, 3.05) is 6.54 Å². The molecule has 5 nitrogen and oxygen atoms in total. The second kappa shape index (κ2) is 7.09. The molecule has 0 N–H and O–H groups in total. The Morgan fingerprint density at radius 3 is 2.29 bits per heavy atom. The molecular formula is C22H16ClNO4. The van der Waals surface area contributed by atoms with E-state index in [0.717, 1.165) is 0 Å². The van der Waals surface area contributed by atoms with Crippen LogP contribution in [0.2, 0.25) is 5.02 Å². The van der Waals surface area contributed by atoms with Gasteiger partial charge in [-0.15, -0.1) is 0 Å². The van der Waals surface area contributed by atoms with E-state index in [-0.39, 0.29) is 4.92 Å². The zero-order valence-electron chi connectivity index (χ0n) is 14.7. The van der Waals surface area contributed by atoms with Gasteiger partial charge in [-0.2, -0.15) is 0 Å². The van der Waals surface area contributed by atoms with Gasteiger partial charge in [0.25, 0.3) is 0 Å². The number of fused-ring (bicyclic) bond motifs is 1. The molecule has 6 heteroatoms. The molecule has 0 unspecified atom stereocenters. The summed E-state index contributed by atoms with van der Waals surface area (Å²) in [5.41, 5.74) is 0.596. The molecular weight excluding hydrogens is 378 g/mol. The summed E-state index contributed by atoms with van der Waals surface area (Å²) in [4.78, 5) is 24.6. The third kappa shape index (κ3) is 2.84. The van der Waals surface area contributed by atoms with Gasteiger partial charge in [0.05, 0.1) is 5.92 Å². The maximum atomic E-state index is 13.4. The largest absolute Gasteiger partial charge is 0.425 e. The van der Waals surface area contributed by atoms with Crippen molar-refractivity contribution in [3.63, 3.8) is 0 Å². The van der Waals surface area contributed by atoms with Gasteiger partial charge >= 0.3 is 5.97 Å². The summed E-state index contributed by atoms with van der Waals surface area (Å²) in [6.07, 6.45) is 0. The molecule has 3 aromatic rings. The molecule has 0 saturated heterocycles. The maximum absolute atomic E-state index is 13.4. The molecule has 0 bridgehead atoms. The number of halogens is 1. The first-order valence-corrected chi connectivity index (χ1v) is 9.16. The van der Waals surface area contributed by atoms with Crippen LogP contribution in [0.1, 0.15) is 22.6 Å². The van der Waals surface area contributed by atoms with Gasteiger partial charge in [0, 0.05) is 15.5 Å². The molecule has 2 atom stereocenters. The van der Waals surface area contributed by atoms with E-state index in [1.807, 2.05) is 18.2 Å². The molecule has 1 aliphatic heterocycles. The highest BCUT2D eigenvalue weighted by atomic mass is 35.5. The van der Waals surface area contributed by atoms with Gasteiger partial charge in [0.2, 0.25) is 6.54 Å². The summed E-state index contributed by atoms with van der Waals surface area (Å²) in [5.74, 6) is -0.848. The maximum Gasteiger partial charge on any atom is 0.327 e. The van der Waals surface area contributed by atoms with Crippen LogP contribution in [0.4, 0.5) is 0 Å². The average molecular weight is 394 g/mol. The Bertz CT molecular complexity index is 1040. The Labute approximate surface area is 166 Å². The highest BCUT2D eigenvalue weighted by molar-refractivity contribution is 6.30. The summed E-state index contributed by atoms with van der Waals surface area (Å²) in [7, 11) is 0. The number of hydrogen-bond donors (Lipinski definition) is 0. The molecule has 140 valence electrons.